The molecule has 0 atom stereocenters. The molecule has 36 heavy (non-hydrogen) atoms. The molecule has 0 spiro atoms. The number of Topliss-reactive ketones (excluding diaryl/α,β-unsaturated/α-hetero) is 2. The van der Waals surface area contributed by atoms with Crippen LogP contribution in [0.2, 0.25) is 0 Å². The molecule has 194 valence electrons. The zero-order valence-electron chi connectivity index (χ0n) is 22.4. The van der Waals surface area contributed by atoms with Crippen LogP contribution in [0.5, 0.6) is 0 Å². The molecule has 0 unspecified atom stereocenters. The summed E-state index contributed by atoms with van der Waals surface area (Å²) in [7, 11) is 0. The third kappa shape index (κ3) is 5.12. The Morgan fingerprint density at radius 1 is 1.08 bits per heavy atom. The van der Waals surface area contributed by atoms with E-state index in [9.17, 15) is 14.4 Å². The third-order valence-electron chi connectivity index (χ3n) is 7.16. The van der Waals surface area contributed by atoms with Crippen molar-refractivity contribution in [2.24, 2.45) is 0 Å². The van der Waals surface area contributed by atoms with Crippen LogP contribution in [-0.2, 0) is 23.1 Å². The van der Waals surface area contributed by atoms with Gasteiger partial charge in [-0.2, -0.15) is 0 Å². The van der Waals surface area contributed by atoms with Gasteiger partial charge in [0.2, 0.25) is 11.6 Å². The first-order valence-electron chi connectivity index (χ1n) is 13.0. The Labute approximate surface area is 213 Å². The molecule has 1 heterocycles. The van der Waals surface area contributed by atoms with Crippen LogP contribution >= 0.6 is 0 Å². The number of alkyl carbamates (subject to hydrolysis) is 1. The molecule has 1 aromatic heterocycles. The van der Waals surface area contributed by atoms with Crippen LogP contribution in [0.1, 0.15) is 103 Å². The Kier molecular flexibility index (Phi) is 7.15. The number of carbonyl (C=O) groups excluding carboxylic acids is 3. The van der Waals surface area contributed by atoms with Gasteiger partial charge in [0.15, 0.2) is 0 Å². The lowest BCUT2D eigenvalue weighted by molar-refractivity contribution is 0.0527. The van der Waals surface area contributed by atoms with Crippen LogP contribution in [0, 0.1) is 6.92 Å². The highest BCUT2D eigenvalue weighted by atomic mass is 16.6. The average Bonchev–Trinajstić information content (AvgIpc) is 3.11. The van der Waals surface area contributed by atoms with E-state index < -0.39 is 23.3 Å². The van der Waals surface area contributed by atoms with Crippen LogP contribution in [0.15, 0.2) is 16.5 Å². The number of nitrogens with one attached hydrogen (secondary N) is 2. The number of benzene rings is 1. The van der Waals surface area contributed by atoms with Crippen molar-refractivity contribution in [1.29, 1.82) is 0 Å². The summed E-state index contributed by atoms with van der Waals surface area (Å²) in [5.41, 5.74) is 4.09. The van der Waals surface area contributed by atoms with Gasteiger partial charge in [-0.25, -0.2) is 4.79 Å². The van der Waals surface area contributed by atoms with Gasteiger partial charge >= 0.3 is 6.09 Å². The van der Waals surface area contributed by atoms with Crippen molar-refractivity contribution < 1.29 is 23.5 Å². The zero-order valence-corrected chi connectivity index (χ0v) is 22.4. The van der Waals surface area contributed by atoms with Gasteiger partial charge in [0.25, 0.3) is 0 Å². The highest BCUT2D eigenvalue weighted by Crippen LogP contribution is 2.45. The van der Waals surface area contributed by atoms with Crippen LogP contribution < -0.4 is 10.6 Å². The summed E-state index contributed by atoms with van der Waals surface area (Å²) in [6.45, 7) is 13.5. The highest BCUT2D eigenvalue weighted by molar-refractivity contribution is 6.53. The Bertz CT molecular complexity index is 1200. The summed E-state index contributed by atoms with van der Waals surface area (Å²) in [5.74, 6) is 0.332. The molecule has 0 fully saturated rings. The number of furan rings is 1. The first kappa shape index (κ1) is 26.1. The van der Waals surface area contributed by atoms with E-state index in [-0.39, 0.29) is 5.41 Å². The number of ether oxygens (including phenoxy) is 1. The van der Waals surface area contributed by atoms with Gasteiger partial charge in [-0.05, 0) is 82.9 Å². The molecule has 1 amide bonds. The number of unbranched alkanes of at least 4 members (excludes halogenated alkanes) is 1. The van der Waals surface area contributed by atoms with Gasteiger partial charge in [0, 0.05) is 23.2 Å². The minimum absolute atomic E-state index is 0.0111. The molecule has 2 aliphatic carbocycles. The van der Waals surface area contributed by atoms with Gasteiger partial charge in [0.05, 0.1) is 12.1 Å². The molecular weight excluding hydrogens is 456 g/mol. The van der Waals surface area contributed by atoms with Crippen molar-refractivity contribution in [2.75, 3.05) is 13.1 Å². The summed E-state index contributed by atoms with van der Waals surface area (Å²) >= 11 is 0. The fraction of sp³-hybridized carbons (Fsp3) is 0.552. The van der Waals surface area contributed by atoms with Crippen molar-refractivity contribution in [3.05, 3.63) is 45.7 Å². The number of hydrogen-bond donors (Lipinski definition) is 2. The normalized spacial score (nSPS) is 16.3. The Hall–Kier alpha value is -2.93. The van der Waals surface area contributed by atoms with Crippen molar-refractivity contribution in [3.63, 3.8) is 0 Å². The molecule has 0 saturated heterocycles. The maximum absolute atomic E-state index is 13.3. The second-order valence-corrected chi connectivity index (χ2v) is 11.6. The SMILES string of the molecule is Cc1c(CNCCCCNC(=O)OC(C)(C)C)oc2c1C(=O)C(=O)c1c-2ccc2c1CCCC2(C)C. The number of fused-ring (bicyclic) bond motifs is 5. The largest absolute Gasteiger partial charge is 0.459 e. The predicted octanol–water partition coefficient (Wildman–Crippen LogP) is 5.64. The molecule has 4 rings (SSSR count). The average molecular weight is 495 g/mol. The lowest BCUT2D eigenvalue weighted by Crippen LogP contribution is -2.33. The molecule has 0 aliphatic heterocycles. The van der Waals surface area contributed by atoms with E-state index in [0.717, 1.165) is 55.3 Å². The number of carbonyl (C=O) groups is 3. The molecule has 7 heteroatoms. The van der Waals surface area contributed by atoms with E-state index >= 15 is 0 Å². The standard InChI is InChI=1S/C29H38N2O5/c1-17-21(16-30-14-7-8-15-31-27(34)36-28(2,3)4)35-26-19-11-12-20-18(10-9-13-29(20,5)6)23(19)25(33)24(32)22(17)26/h11-12,30H,7-10,13-16H2,1-6H3,(H,31,34). The second-order valence-electron chi connectivity index (χ2n) is 11.6. The monoisotopic (exact) mass is 494 g/mol. The molecule has 2 aliphatic rings. The number of amides is 1. The van der Waals surface area contributed by atoms with Crippen molar-refractivity contribution >= 4 is 17.7 Å². The quantitative estimate of drug-likeness (QED) is 0.382. The lowest BCUT2D eigenvalue weighted by atomic mass is 9.69. The Morgan fingerprint density at radius 3 is 2.50 bits per heavy atom. The van der Waals surface area contributed by atoms with Gasteiger partial charge in [-0.15, -0.1) is 0 Å². The van der Waals surface area contributed by atoms with Crippen molar-refractivity contribution in [1.82, 2.24) is 10.6 Å². The summed E-state index contributed by atoms with van der Waals surface area (Å²) in [4.78, 5) is 38.1. The molecule has 2 N–H and O–H groups in total. The van der Waals surface area contributed by atoms with E-state index in [1.165, 1.54) is 5.56 Å². The first-order valence-corrected chi connectivity index (χ1v) is 13.0. The Morgan fingerprint density at radius 2 is 1.78 bits per heavy atom. The summed E-state index contributed by atoms with van der Waals surface area (Å²) in [6.07, 6.45) is 4.15. The van der Waals surface area contributed by atoms with E-state index in [1.54, 1.807) is 0 Å². The molecule has 7 nitrogen and oxygen atoms in total. The minimum atomic E-state index is -0.506. The Balaban J connectivity index is 1.41. The van der Waals surface area contributed by atoms with Gasteiger partial charge in [0.1, 0.15) is 17.1 Å². The number of rotatable bonds is 7. The zero-order chi connectivity index (χ0) is 26.3. The van der Waals surface area contributed by atoms with Crippen LogP contribution in [0.25, 0.3) is 11.3 Å². The first-order chi connectivity index (χ1) is 16.9. The molecule has 0 radical (unpaired) electrons. The summed E-state index contributed by atoms with van der Waals surface area (Å²) in [6, 6.07) is 4.07. The molecule has 0 bridgehead atoms. The van der Waals surface area contributed by atoms with E-state index in [4.69, 9.17) is 9.15 Å². The topological polar surface area (TPSA) is 97.6 Å². The summed E-state index contributed by atoms with van der Waals surface area (Å²) in [5, 5.41) is 6.11. The molecule has 1 aromatic carbocycles. The smallest absolute Gasteiger partial charge is 0.407 e. The maximum Gasteiger partial charge on any atom is 0.407 e. The van der Waals surface area contributed by atoms with Crippen LogP contribution in [0.4, 0.5) is 4.79 Å². The van der Waals surface area contributed by atoms with Crippen molar-refractivity contribution in [3.8, 4) is 11.3 Å². The fourth-order valence-electron chi connectivity index (χ4n) is 5.33. The predicted molar refractivity (Wildman–Crippen MR) is 139 cm³/mol. The molecule has 0 saturated carbocycles. The number of hydrogen-bond acceptors (Lipinski definition) is 6. The minimum Gasteiger partial charge on any atom is -0.459 e. The lowest BCUT2D eigenvalue weighted by Gasteiger charge is -2.34. The van der Waals surface area contributed by atoms with Crippen LogP contribution in [-0.4, -0.2) is 36.4 Å². The van der Waals surface area contributed by atoms with Gasteiger partial charge < -0.3 is 19.8 Å². The van der Waals surface area contributed by atoms with Crippen molar-refractivity contribution in [2.45, 2.75) is 91.2 Å². The van der Waals surface area contributed by atoms with Gasteiger partial charge in [-0.1, -0.05) is 26.0 Å². The van der Waals surface area contributed by atoms with Gasteiger partial charge in [-0.3, -0.25) is 9.59 Å². The van der Waals surface area contributed by atoms with E-state index in [0.29, 0.717) is 35.7 Å². The second kappa shape index (κ2) is 9.85. The van der Waals surface area contributed by atoms with E-state index in [2.05, 4.69) is 30.5 Å². The van der Waals surface area contributed by atoms with E-state index in [1.807, 2.05) is 33.8 Å². The number of ketones is 2. The summed E-state index contributed by atoms with van der Waals surface area (Å²) < 4.78 is 11.5. The molecular formula is C29H38N2O5. The fourth-order valence-corrected chi connectivity index (χ4v) is 5.33. The molecule has 2 aromatic rings. The van der Waals surface area contributed by atoms with Crippen LogP contribution in [0.3, 0.4) is 0 Å². The highest BCUT2D eigenvalue weighted by Gasteiger charge is 2.40. The third-order valence-corrected chi connectivity index (χ3v) is 7.16. The maximum atomic E-state index is 13.3.